The Bertz CT molecular complexity index is 702. The third-order valence-corrected chi connectivity index (χ3v) is 4.29. The Morgan fingerprint density at radius 1 is 1.22 bits per heavy atom. The van der Waals surface area contributed by atoms with Gasteiger partial charge in [-0.2, -0.15) is 0 Å². The number of carbonyl (C=O) groups excluding carboxylic acids is 4. The molecule has 1 atom stereocenters. The van der Waals surface area contributed by atoms with Crippen LogP contribution in [0.2, 0.25) is 0 Å². The summed E-state index contributed by atoms with van der Waals surface area (Å²) in [5.41, 5.74) is 1.12. The van der Waals surface area contributed by atoms with Crippen LogP contribution >= 0.6 is 0 Å². The van der Waals surface area contributed by atoms with Crippen LogP contribution in [-0.2, 0) is 19.1 Å². The quantitative estimate of drug-likeness (QED) is 0.660. The van der Waals surface area contributed by atoms with Crippen LogP contribution in [0.1, 0.15) is 43.5 Å². The summed E-state index contributed by atoms with van der Waals surface area (Å²) in [6.07, 6.45) is 2.15. The number of hydrogen-bond donors (Lipinski definition) is 2. The van der Waals surface area contributed by atoms with Crippen molar-refractivity contribution >= 4 is 29.4 Å². The molecular weight excluding hydrogens is 350 g/mol. The summed E-state index contributed by atoms with van der Waals surface area (Å²) in [7, 11) is 0. The van der Waals surface area contributed by atoms with E-state index < -0.39 is 11.9 Å². The van der Waals surface area contributed by atoms with E-state index in [4.69, 9.17) is 4.74 Å². The molecule has 146 valence electrons. The fraction of sp³-hybridized carbons (Fsp3) is 0.474. The van der Waals surface area contributed by atoms with Gasteiger partial charge in [0, 0.05) is 30.3 Å². The van der Waals surface area contributed by atoms with Gasteiger partial charge in [-0.15, -0.1) is 0 Å². The molecule has 1 saturated heterocycles. The molecule has 2 N–H and O–H groups in total. The second kappa shape index (κ2) is 9.70. The molecule has 1 aromatic rings. The molecule has 1 aromatic carbocycles. The van der Waals surface area contributed by atoms with E-state index in [0.717, 1.165) is 18.5 Å². The number of ether oxygens (including phenoxy) is 1. The lowest BCUT2D eigenvalue weighted by molar-refractivity contribution is -0.147. The summed E-state index contributed by atoms with van der Waals surface area (Å²) in [5.74, 6) is -1.43. The minimum Gasteiger partial charge on any atom is -0.454 e. The van der Waals surface area contributed by atoms with E-state index >= 15 is 0 Å². The number of rotatable bonds is 8. The van der Waals surface area contributed by atoms with E-state index in [1.165, 1.54) is 0 Å². The molecule has 0 aliphatic carbocycles. The number of carbonyl (C=O) groups is 4. The van der Waals surface area contributed by atoms with Crippen LogP contribution in [-0.4, -0.2) is 49.4 Å². The maximum Gasteiger partial charge on any atom is 0.325 e. The van der Waals surface area contributed by atoms with E-state index in [0.29, 0.717) is 18.5 Å². The second-order valence-electron chi connectivity index (χ2n) is 6.42. The molecule has 0 saturated carbocycles. The third-order valence-electron chi connectivity index (χ3n) is 4.29. The first kappa shape index (κ1) is 20.4. The van der Waals surface area contributed by atoms with Crippen LogP contribution in [0.15, 0.2) is 24.3 Å². The molecule has 0 spiro atoms. The molecular formula is C19H25N3O5. The SMILES string of the molecule is CC[C@@H](C)NC(=O)COC(=O)CNC(=O)c1ccc(N2CCCC2=O)cc1. The smallest absolute Gasteiger partial charge is 0.325 e. The number of hydrogen-bond acceptors (Lipinski definition) is 5. The molecule has 0 unspecified atom stereocenters. The van der Waals surface area contributed by atoms with Crippen LogP contribution in [0.4, 0.5) is 5.69 Å². The number of esters is 1. The molecule has 1 aliphatic heterocycles. The molecule has 8 heteroatoms. The highest BCUT2D eigenvalue weighted by molar-refractivity contribution is 5.98. The van der Waals surface area contributed by atoms with Crippen molar-refractivity contribution < 1.29 is 23.9 Å². The highest BCUT2D eigenvalue weighted by atomic mass is 16.5. The van der Waals surface area contributed by atoms with Gasteiger partial charge in [-0.1, -0.05) is 6.92 Å². The summed E-state index contributed by atoms with van der Waals surface area (Å²) >= 11 is 0. The lowest BCUT2D eigenvalue weighted by Gasteiger charge is -2.15. The van der Waals surface area contributed by atoms with Gasteiger partial charge >= 0.3 is 5.97 Å². The average Bonchev–Trinajstić information content (AvgIpc) is 3.10. The number of nitrogens with one attached hydrogen (secondary N) is 2. The minimum atomic E-state index is -0.693. The van der Waals surface area contributed by atoms with Crippen LogP contribution in [0.25, 0.3) is 0 Å². The minimum absolute atomic E-state index is 0.00901. The Morgan fingerprint density at radius 2 is 1.93 bits per heavy atom. The van der Waals surface area contributed by atoms with Crippen molar-refractivity contribution in [3.63, 3.8) is 0 Å². The van der Waals surface area contributed by atoms with Gasteiger partial charge < -0.3 is 20.3 Å². The van der Waals surface area contributed by atoms with Gasteiger partial charge in [0.05, 0.1) is 0 Å². The maximum absolute atomic E-state index is 12.1. The molecule has 8 nitrogen and oxygen atoms in total. The Balaban J connectivity index is 1.75. The molecule has 1 aliphatic rings. The molecule has 0 bridgehead atoms. The molecule has 3 amide bonds. The normalized spacial score (nSPS) is 14.6. The van der Waals surface area contributed by atoms with Crippen molar-refractivity contribution in [1.82, 2.24) is 10.6 Å². The summed E-state index contributed by atoms with van der Waals surface area (Å²) in [5, 5.41) is 5.12. The van der Waals surface area contributed by atoms with Crippen LogP contribution in [0, 0.1) is 0 Å². The van der Waals surface area contributed by atoms with Gasteiger partial charge in [0.15, 0.2) is 6.61 Å². The zero-order valence-electron chi connectivity index (χ0n) is 15.6. The van der Waals surface area contributed by atoms with E-state index in [1.807, 2.05) is 13.8 Å². The first-order valence-corrected chi connectivity index (χ1v) is 9.04. The Hall–Kier alpha value is -2.90. The molecule has 27 heavy (non-hydrogen) atoms. The van der Waals surface area contributed by atoms with Crippen LogP contribution < -0.4 is 15.5 Å². The average molecular weight is 375 g/mol. The summed E-state index contributed by atoms with van der Waals surface area (Å²) < 4.78 is 4.82. The largest absolute Gasteiger partial charge is 0.454 e. The second-order valence-corrected chi connectivity index (χ2v) is 6.42. The first-order chi connectivity index (χ1) is 12.9. The molecule has 1 heterocycles. The predicted octanol–water partition coefficient (Wildman–Crippen LogP) is 1.00. The van der Waals surface area contributed by atoms with Gasteiger partial charge in [-0.05, 0) is 44.0 Å². The predicted molar refractivity (Wildman–Crippen MR) is 99.2 cm³/mol. The van der Waals surface area contributed by atoms with Crippen molar-refractivity contribution in [2.45, 2.75) is 39.2 Å². The standard InChI is InChI=1S/C19H25N3O5/c1-3-13(2)21-16(23)12-27-18(25)11-20-19(26)14-6-8-15(9-7-14)22-10-4-5-17(22)24/h6-9,13H,3-5,10-12H2,1-2H3,(H,20,26)(H,21,23)/t13-/m1/s1. The zero-order valence-corrected chi connectivity index (χ0v) is 15.6. The molecule has 1 fully saturated rings. The van der Waals surface area contributed by atoms with Gasteiger partial charge in [0.25, 0.3) is 11.8 Å². The van der Waals surface area contributed by atoms with Crippen molar-refractivity contribution in [1.29, 1.82) is 0 Å². The zero-order chi connectivity index (χ0) is 19.8. The van der Waals surface area contributed by atoms with Gasteiger partial charge in [-0.25, -0.2) is 0 Å². The topological polar surface area (TPSA) is 105 Å². The van der Waals surface area contributed by atoms with E-state index in [2.05, 4.69) is 10.6 Å². The summed E-state index contributed by atoms with van der Waals surface area (Å²) in [4.78, 5) is 48.7. The summed E-state index contributed by atoms with van der Waals surface area (Å²) in [6.45, 7) is 3.76. The monoisotopic (exact) mass is 375 g/mol. The molecule has 0 radical (unpaired) electrons. The molecule has 2 rings (SSSR count). The van der Waals surface area contributed by atoms with Crippen LogP contribution in [0.3, 0.4) is 0 Å². The highest BCUT2D eigenvalue weighted by Crippen LogP contribution is 2.21. The number of anilines is 1. The first-order valence-electron chi connectivity index (χ1n) is 9.04. The van der Waals surface area contributed by atoms with Crippen molar-refractivity contribution in [2.75, 3.05) is 24.6 Å². The lowest BCUT2D eigenvalue weighted by atomic mass is 10.2. The van der Waals surface area contributed by atoms with Crippen molar-refractivity contribution in [3.8, 4) is 0 Å². The van der Waals surface area contributed by atoms with Gasteiger partial charge in [0.1, 0.15) is 6.54 Å². The maximum atomic E-state index is 12.1. The van der Waals surface area contributed by atoms with Crippen LogP contribution in [0.5, 0.6) is 0 Å². The van der Waals surface area contributed by atoms with E-state index in [1.54, 1.807) is 29.2 Å². The number of amides is 3. The van der Waals surface area contributed by atoms with E-state index in [-0.39, 0.29) is 31.0 Å². The fourth-order valence-electron chi connectivity index (χ4n) is 2.58. The van der Waals surface area contributed by atoms with Gasteiger partial charge in [-0.3, -0.25) is 19.2 Å². The molecule has 0 aromatic heterocycles. The van der Waals surface area contributed by atoms with Crippen molar-refractivity contribution in [3.05, 3.63) is 29.8 Å². The fourth-order valence-corrected chi connectivity index (χ4v) is 2.58. The highest BCUT2D eigenvalue weighted by Gasteiger charge is 2.21. The Morgan fingerprint density at radius 3 is 2.52 bits per heavy atom. The summed E-state index contributed by atoms with van der Waals surface area (Å²) in [6, 6.07) is 6.61. The Kier molecular flexibility index (Phi) is 7.34. The van der Waals surface area contributed by atoms with E-state index in [9.17, 15) is 19.2 Å². The number of nitrogens with zero attached hydrogens (tertiary/aromatic N) is 1. The third kappa shape index (κ3) is 6.09. The van der Waals surface area contributed by atoms with Crippen molar-refractivity contribution in [2.24, 2.45) is 0 Å². The lowest BCUT2D eigenvalue weighted by Crippen LogP contribution is -2.37. The number of benzene rings is 1. The Labute approximate surface area is 158 Å². The van der Waals surface area contributed by atoms with Gasteiger partial charge in [0.2, 0.25) is 5.91 Å².